The Morgan fingerprint density at radius 2 is 0.590 bits per heavy atom. The molecule has 0 aliphatic heterocycles. The Kier molecular flexibility index (Phi) is 7.44. The highest BCUT2D eigenvalue weighted by Gasteiger charge is 2.89. The average molecular weight is 537 g/mol. The summed E-state index contributed by atoms with van der Waals surface area (Å²) in [5.74, 6) is 0. The summed E-state index contributed by atoms with van der Waals surface area (Å²) in [6.07, 6.45) is 7.47. The Labute approximate surface area is 245 Å². The van der Waals surface area contributed by atoms with Gasteiger partial charge in [-0.1, -0.05) is 149 Å². The predicted octanol–water partition coefficient (Wildman–Crippen LogP) is 12.4. The van der Waals surface area contributed by atoms with Gasteiger partial charge in [0.1, 0.15) is 0 Å². The molecule has 0 radical (unpaired) electrons. The number of benzene rings is 1. The maximum absolute atomic E-state index is 2.42. The van der Waals surface area contributed by atoms with Crippen LogP contribution < -0.4 is 0 Å². The van der Waals surface area contributed by atoms with Crippen LogP contribution in [0.5, 0.6) is 0 Å². The molecule has 0 heterocycles. The van der Waals surface area contributed by atoms with E-state index >= 15 is 0 Å². The highest BCUT2D eigenvalue weighted by atomic mass is 14.9. The Balaban J connectivity index is 0.000000162. The fourth-order valence-corrected chi connectivity index (χ4v) is 8.24. The van der Waals surface area contributed by atoms with Crippen LogP contribution in [0.15, 0.2) is 24.3 Å². The van der Waals surface area contributed by atoms with Crippen LogP contribution in [0.4, 0.5) is 0 Å². The van der Waals surface area contributed by atoms with Gasteiger partial charge in [-0.05, 0) is 97.4 Å². The molecule has 2 bridgehead atoms. The quantitative estimate of drug-likeness (QED) is 0.309. The van der Waals surface area contributed by atoms with Gasteiger partial charge in [-0.2, -0.15) is 0 Å². The summed E-state index contributed by atoms with van der Waals surface area (Å²) in [5.41, 5.74) is 8.42. The molecule has 0 unspecified atom stereocenters. The third kappa shape index (κ3) is 5.43. The Hall–Kier alpha value is -0.780. The minimum Gasteiger partial charge on any atom is -0.0596 e. The SMILES string of the molecule is CC(C)(C)C12CC(C(C)(C)C)(C1)C2.CC(C)(C)C12CC1(C(C)(C)C)C2.CC(C)(C)c1ccc(C(C)(C)C)cc1. The molecule has 0 N–H and O–H groups in total. The molecule has 0 atom stereocenters. The first-order chi connectivity index (χ1) is 17.0. The van der Waals surface area contributed by atoms with E-state index in [2.05, 4.69) is 149 Å². The summed E-state index contributed by atoms with van der Waals surface area (Å²) in [6, 6.07) is 9.00. The van der Waals surface area contributed by atoms with Crippen molar-refractivity contribution >= 4 is 0 Å². The number of rotatable bonds is 0. The molecule has 0 nitrogen and oxygen atoms in total. The summed E-state index contributed by atoms with van der Waals surface area (Å²) in [5, 5.41) is 0. The minimum absolute atomic E-state index is 0.260. The lowest BCUT2D eigenvalue weighted by molar-refractivity contribution is -0.302. The van der Waals surface area contributed by atoms with Crippen LogP contribution in [0.25, 0.3) is 0 Å². The van der Waals surface area contributed by atoms with Crippen molar-refractivity contribution in [3.63, 3.8) is 0 Å². The van der Waals surface area contributed by atoms with Gasteiger partial charge in [0.15, 0.2) is 0 Å². The molecule has 1 aromatic rings. The third-order valence-corrected chi connectivity index (χ3v) is 12.6. The van der Waals surface area contributed by atoms with Crippen molar-refractivity contribution in [2.75, 3.05) is 0 Å². The number of hydrogen-bond donors (Lipinski definition) is 0. The van der Waals surface area contributed by atoms with Gasteiger partial charge >= 0.3 is 0 Å². The number of hydrogen-bond acceptors (Lipinski definition) is 0. The standard InChI is InChI=1S/C14H22.C13H24.C12H22/c1-13(2,3)11-7-9-12(10-8-11)14(4,5)6;1-10(2,3)12-7-13(8-12,9-12)11(4,5)6;1-9(2,3)11-7-12(11,8-11)10(4,5)6/h7-10H,1-6H3;7-9H2,1-6H3;7-8H2,1-6H3. The minimum atomic E-state index is 0.260. The average Bonchev–Trinajstić information content (AvgIpc) is 3.43. The summed E-state index contributed by atoms with van der Waals surface area (Å²) in [7, 11) is 0. The molecule has 0 heteroatoms. The summed E-state index contributed by atoms with van der Waals surface area (Å²) in [4.78, 5) is 0. The summed E-state index contributed by atoms with van der Waals surface area (Å²) in [6.45, 7) is 42.4. The second kappa shape index (κ2) is 8.86. The van der Waals surface area contributed by atoms with Crippen LogP contribution in [0.2, 0.25) is 0 Å². The number of fused-ring (bicyclic) bond motifs is 1. The topological polar surface area (TPSA) is 0 Å². The fraction of sp³-hybridized carbons (Fsp3) is 0.846. The van der Waals surface area contributed by atoms with E-state index in [4.69, 9.17) is 0 Å². The Morgan fingerprint density at radius 1 is 0.359 bits per heavy atom. The van der Waals surface area contributed by atoms with Crippen LogP contribution in [0, 0.1) is 43.3 Å². The molecule has 6 rings (SSSR count). The zero-order chi connectivity index (χ0) is 30.5. The van der Waals surface area contributed by atoms with E-state index < -0.39 is 0 Å². The van der Waals surface area contributed by atoms with Gasteiger partial charge in [0.05, 0.1) is 0 Å². The van der Waals surface area contributed by atoms with Crippen molar-refractivity contribution in [2.45, 2.75) is 168 Å². The van der Waals surface area contributed by atoms with Gasteiger partial charge in [0, 0.05) is 0 Å². The molecule has 5 fully saturated rings. The Morgan fingerprint density at radius 3 is 0.718 bits per heavy atom. The zero-order valence-electron chi connectivity index (χ0n) is 29.8. The lowest BCUT2D eigenvalue weighted by atomic mass is 9.25. The van der Waals surface area contributed by atoms with E-state index in [0.29, 0.717) is 21.7 Å². The van der Waals surface area contributed by atoms with E-state index in [1.54, 1.807) is 0 Å². The molecule has 1 aromatic carbocycles. The second-order valence-electron chi connectivity index (χ2n) is 20.7. The highest BCUT2D eigenvalue weighted by Crippen LogP contribution is 2.96. The maximum Gasteiger partial charge on any atom is -0.0132 e. The molecule has 39 heavy (non-hydrogen) atoms. The molecule has 0 saturated heterocycles. The van der Waals surface area contributed by atoms with Gasteiger partial charge in [0.2, 0.25) is 0 Å². The summed E-state index contributed by atoms with van der Waals surface area (Å²) < 4.78 is 0. The van der Waals surface area contributed by atoms with E-state index in [-0.39, 0.29) is 10.8 Å². The molecular formula is C39H68. The van der Waals surface area contributed by atoms with E-state index in [1.165, 1.54) is 43.2 Å². The first-order valence-corrected chi connectivity index (χ1v) is 16.1. The van der Waals surface area contributed by atoms with E-state index in [9.17, 15) is 0 Å². The Bertz CT molecular complexity index is 912. The lowest BCUT2D eigenvalue weighted by Crippen LogP contribution is -2.71. The van der Waals surface area contributed by atoms with Crippen LogP contribution >= 0.6 is 0 Å². The van der Waals surface area contributed by atoms with Gasteiger partial charge in [-0.15, -0.1) is 0 Å². The molecule has 5 aliphatic rings. The van der Waals surface area contributed by atoms with Crippen molar-refractivity contribution in [3.8, 4) is 0 Å². The van der Waals surface area contributed by atoms with Crippen LogP contribution in [-0.2, 0) is 10.8 Å². The van der Waals surface area contributed by atoms with Crippen molar-refractivity contribution in [3.05, 3.63) is 35.4 Å². The molecular weight excluding hydrogens is 468 g/mol. The predicted molar refractivity (Wildman–Crippen MR) is 174 cm³/mol. The third-order valence-electron chi connectivity index (χ3n) is 12.6. The van der Waals surface area contributed by atoms with Crippen molar-refractivity contribution in [2.24, 2.45) is 43.3 Å². The van der Waals surface area contributed by atoms with Gasteiger partial charge in [-0.25, -0.2) is 0 Å². The second-order valence-corrected chi connectivity index (χ2v) is 20.7. The van der Waals surface area contributed by atoms with Crippen molar-refractivity contribution in [1.82, 2.24) is 0 Å². The molecule has 224 valence electrons. The lowest BCUT2D eigenvalue weighted by Gasteiger charge is -2.80. The van der Waals surface area contributed by atoms with Crippen molar-refractivity contribution in [1.29, 1.82) is 0 Å². The monoisotopic (exact) mass is 537 g/mol. The molecule has 5 saturated carbocycles. The van der Waals surface area contributed by atoms with E-state index in [1.807, 2.05) is 0 Å². The first kappa shape index (κ1) is 32.7. The van der Waals surface area contributed by atoms with Crippen LogP contribution in [0.1, 0.15) is 168 Å². The normalized spacial score (nSPS) is 33.3. The van der Waals surface area contributed by atoms with Gasteiger partial charge < -0.3 is 0 Å². The molecule has 5 aliphatic carbocycles. The molecule has 0 aromatic heterocycles. The molecule has 0 amide bonds. The van der Waals surface area contributed by atoms with Crippen LogP contribution in [0.3, 0.4) is 0 Å². The smallest absolute Gasteiger partial charge is 0.0132 e. The van der Waals surface area contributed by atoms with E-state index in [0.717, 1.165) is 21.7 Å². The zero-order valence-corrected chi connectivity index (χ0v) is 29.8. The maximum atomic E-state index is 2.42. The van der Waals surface area contributed by atoms with Crippen LogP contribution in [-0.4, -0.2) is 0 Å². The highest BCUT2D eigenvalue weighted by molar-refractivity contribution is 5.37. The largest absolute Gasteiger partial charge is 0.0596 e. The van der Waals surface area contributed by atoms with Gasteiger partial charge in [-0.3, -0.25) is 0 Å². The van der Waals surface area contributed by atoms with Gasteiger partial charge in [0.25, 0.3) is 0 Å². The summed E-state index contributed by atoms with van der Waals surface area (Å²) >= 11 is 0. The van der Waals surface area contributed by atoms with Crippen molar-refractivity contribution < 1.29 is 0 Å². The first-order valence-electron chi connectivity index (χ1n) is 16.1. The fourth-order valence-electron chi connectivity index (χ4n) is 8.24. The molecule has 0 spiro atoms.